The molecule has 1 aromatic carbocycles. The largest absolute Gasteiger partial charge is 0.379 e. The molecular formula is C27H30ClN5O2. The first kappa shape index (κ1) is 23.7. The van der Waals surface area contributed by atoms with Gasteiger partial charge in [0.2, 0.25) is 0 Å². The molecule has 0 aliphatic carbocycles. The number of nitrogens with one attached hydrogen (secondary N) is 1. The van der Waals surface area contributed by atoms with Crippen molar-refractivity contribution in [1.29, 1.82) is 0 Å². The normalized spacial score (nSPS) is 17.3. The summed E-state index contributed by atoms with van der Waals surface area (Å²) in [5.74, 6) is 0.926. The summed E-state index contributed by atoms with van der Waals surface area (Å²) in [4.78, 5) is 26.5. The average molecular weight is 492 g/mol. The standard InChI is InChI=1S/C27H30ClN5O2/c28-25-5-4-21(16-24(25)22-2-1-9-29-18-22)27(34)31-23-7-10-33(11-8-23)26-6-3-20(17-30-26)19-32-12-14-35-15-13-32/h1-6,9,16-18,23H,7-8,10-15,19H2,(H,31,34). The Hall–Kier alpha value is -3.00. The Balaban J connectivity index is 1.14. The van der Waals surface area contributed by atoms with Gasteiger partial charge < -0.3 is 15.0 Å². The van der Waals surface area contributed by atoms with Gasteiger partial charge in [-0.05, 0) is 48.7 Å². The van der Waals surface area contributed by atoms with Gasteiger partial charge in [0.1, 0.15) is 5.82 Å². The third kappa shape index (κ3) is 5.99. The minimum absolute atomic E-state index is 0.0733. The molecule has 7 nitrogen and oxygen atoms in total. The molecule has 0 radical (unpaired) electrons. The third-order valence-electron chi connectivity index (χ3n) is 6.67. The van der Waals surface area contributed by atoms with Gasteiger partial charge in [-0.3, -0.25) is 14.7 Å². The van der Waals surface area contributed by atoms with Gasteiger partial charge in [0.05, 0.1) is 13.2 Å². The molecule has 35 heavy (non-hydrogen) atoms. The van der Waals surface area contributed by atoms with Crippen LogP contribution in [0.15, 0.2) is 61.1 Å². The molecule has 0 spiro atoms. The van der Waals surface area contributed by atoms with Crippen LogP contribution in [-0.2, 0) is 11.3 Å². The predicted molar refractivity (Wildman–Crippen MR) is 138 cm³/mol. The number of halogens is 1. The van der Waals surface area contributed by atoms with Crippen LogP contribution in [-0.4, -0.2) is 66.2 Å². The summed E-state index contributed by atoms with van der Waals surface area (Å²) in [5.41, 5.74) is 3.54. The van der Waals surface area contributed by atoms with E-state index in [-0.39, 0.29) is 11.9 Å². The highest BCUT2D eigenvalue weighted by Crippen LogP contribution is 2.28. The predicted octanol–water partition coefficient (Wildman–Crippen LogP) is 4.03. The Bertz CT molecular complexity index is 1130. The highest BCUT2D eigenvalue weighted by Gasteiger charge is 2.22. The molecule has 0 bridgehead atoms. The highest BCUT2D eigenvalue weighted by molar-refractivity contribution is 6.33. The van der Waals surface area contributed by atoms with E-state index in [9.17, 15) is 4.79 Å². The number of hydrogen-bond acceptors (Lipinski definition) is 6. The number of ether oxygens (including phenoxy) is 1. The van der Waals surface area contributed by atoms with Gasteiger partial charge in [-0.25, -0.2) is 4.98 Å². The zero-order valence-corrected chi connectivity index (χ0v) is 20.5. The molecule has 5 rings (SSSR count). The fraction of sp³-hybridized carbons (Fsp3) is 0.370. The van der Waals surface area contributed by atoms with E-state index in [0.717, 1.165) is 75.7 Å². The van der Waals surface area contributed by atoms with Crippen LogP contribution in [0.3, 0.4) is 0 Å². The summed E-state index contributed by atoms with van der Waals surface area (Å²) in [6.45, 7) is 6.20. The number of benzene rings is 1. The maximum absolute atomic E-state index is 13.0. The van der Waals surface area contributed by atoms with Gasteiger partial charge in [0.25, 0.3) is 5.91 Å². The van der Waals surface area contributed by atoms with Crippen LogP contribution >= 0.6 is 11.6 Å². The van der Waals surface area contributed by atoms with Crippen LogP contribution in [0.2, 0.25) is 5.02 Å². The number of carbonyl (C=O) groups excluding carboxylic acids is 1. The van der Waals surface area contributed by atoms with E-state index in [1.807, 2.05) is 24.4 Å². The zero-order valence-electron chi connectivity index (χ0n) is 19.7. The minimum Gasteiger partial charge on any atom is -0.379 e. The van der Waals surface area contributed by atoms with Crippen molar-refractivity contribution in [2.45, 2.75) is 25.4 Å². The molecule has 182 valence electrons. The van der Waals surface area contributed by atoms with E-state index in [2.05, 4.69) is 32.2 Å². The maximum atomic E-state index is 13.0. The van der Waals surface area contributed by atoms with E-state index >= 15 is 0 Å². The van der Waals surface area contributed by atoms with Crippen LogP contribution in [0.1, 0.15) is 28.8 Å². The van der Waals surface area contributed by atoms with E-state index in [1.165, 1.54) is 5.56 Å². The van der Waals surface area contributed by atoms with Crippen LogP contribution < -0.4 is 10.2 Å². The molecule has 1 amide bonds. The number of amides is 1. The summed E-state index contributed by atoms with van der Waals surface area (Å²) >= 11 is 6.38. The molecule has 1 N–H and O–H groups in total. The molecule has 0 saturated carbocycles. The van der Waals surface area contributed by atoms with Gasteiger partial charge in [0.15, 0.2) is 0 Å². The fourth-order valence-electron chi connectivity index (χ4n) is 4.65. The first-order chi connectivity index (χ1) is 17.2. The van der Waals surface area contributed by atoms with Crippen molar-refractivity contribution < 1.29 is 9.53 Å². The Labute approximate surface area is 211 Å². The van der Waals surface area contributed by atoms with Crippen molar-refractivity contribution >= 4 is 23.3 Å². The van der Waals surface area contributed by atoms with E-state index in [1.54, 1.807) is 24.5 Å². The lowest BCUT2D eigenvalue weighted by atomic mass is 10.0. The van der Waals surface area contributed by atoms with Gasteiger partial charge >= 0.3 is 0 Å². The number of piperidine rings is 1. The summed E-state index contributed by atoms with van der Waals surface area (Å²) < 4.78 is 5.42. The number of carbonyl (C=O) groups is 1. The Morgan fingerprint density at radius 1 is 1.06 bits per heavy atom. The van der Waals surface area contributed by atoms with Gasteiger partial charge in [-0.1, -0.05) is 23.7 Å². The molecule has 2 fully saturated rings. The summed E-state index contributed by atoms with van der Waals surface area (Å²) in [5, 5.41) is 3.80. The fourth-order valence-corrected chi connectivity index (χ4v) is 4.87. The van der Waals surface area contributed by atoms with Gasteiger partial charge in [-0.15, -0.1) is 0 Å². The zero-order chi connectivity index (χ0) is 24.0. The van der Waals surface area contributed by atoms with Crippen molar-refractivity contribution in [3.63, 3.8) is 0 Å². The Kier molecular flexibility index (Phi) is 7.57. The van der Waals surface area contributed by atoms with Crippen LogP contribution in [0, 0.1) is 0 Å². The lowest BCUT2D eigenvalue weighted by molar-refractivity contribution is 0.0341. The van der Waals surface area contributed by atoms with Crippen molar-refractivity contribution in [2.75, 3.05) is 44.3 Å². The summed E-state index contributed by atoms with van der Waals surface area (Å²) in [6.07, 6.45) is 7.22. The van der Waals surface area contributed by atoms with Crippen molar-refractivity contribution in [3.05, 3.63) is 77.2 Å². The Morgan fingerprint density at radius 2 is 1.89 bits per heavy atom. The second-order valence-electron chi connectivity index (χ2n) is 9.08. The SMILES string of the molecule is O=C(NC1CCN(c2ccc(CN3CCOCC3)cn2)CC1)c1ccc(Cl)c(-c2cccnc2)c1. The van der Waals surface area contributed by atoms with E-state index in [0.29, 0.717) is 10.6 Å². The minimum atomic E-state index is -0.0733. The molecule has 2 saturated heterocycles. The Morgan fingerprint density at radius 3 is 2.60 bits per heavy atom. The molecule has 2 aromatic heterocycles. The lowest BCUT2D eigenvalue weighted by Crippen LogP contribution is -2.45. The number of morpholine rings is 1. The van der Waals surface area contributed by atoms with Gasteiger partial charge in [0, 0.05) is 79.1 Å². The van der Waals surface area contributed by atoms with Crippen molar-refractivity contribution in [1.82, 2.24) is 20.2 Å². The molecule has 3 aromatic rings. The van der Waals surface area contributed by atoms with Gasteiger partial charge in [-0.2, -0.15) is 0 Å². The maximum Gasteiger partial charge on any atom is 0.251 e. The van der Waals surface area contributed by atoms with Crippen molar-refractivity contribution in [3.8, 4) is 11.1 Å². The average Bonchev–Trinajstić information content (AvgIpc) is 2.91. The number of rotatable bonds is 6. The molecule has 0 unspecified atom stereocenters. The number of anilines is 1. The molecule has 2 aliphatic rings. The number of nitrogens with zero attached hydrogens (tertiary/aromatic N) is 4. The van der Waals surface area contributed by atoms with Crippen LogP contribution in [0.25, 0.3) is 11.1 Å². The third-order valence-corrected chi connectivity index (χ3v) is 7.00. The molecule has 2 aliphatic heterocycles. The molecular weight excluding hydrogens is 462 g/mol. The lowest BCUT2D eigenvalue weighted by Gasteiger charge is -2.33. The molecule has 0 atom stereocenters. The van der Waals surface area contributed by atoms with Crippen LogP contribution in [0.5, 0.6) is 0 Å². The number of pyridine rings is 2. The number of aromatic nitrogens is 2. The first-order valence-corrected chi connectivity index (χ1v) is 12.5. The smallest absolute Gasteiger partial charge is 0.251 e. The molecule has 4 heterocycles. The topological polar surface area (TPSA) is 70.6 Å². The monoisotopic (exact) mass is 491 g/mol. The summed E-state index contributed by atoms with van der Waals surface area (Å²) in [6, 6.07) is 13.6. The quantitative estimate of drug-likeness (QED) is 0.561. The second kappa shape index (κ2) is 11.2. The highest BCUT2D eigenvalue weighted by atomic mass is 35.5. The van der Waals surface area contributed by atoms with E-state index < -0.39 is 0 Å². The van der Waals surface area contributed by atoms with Crippen LogP contribution in [0.4, 0.5) is 5.82 Å². The molecule has 8 heteroatoms. The second-order valence-corrected chi connectivity index (χ2v) is 9.49. The first-order valence-electron chi connectivity index (χ1n) is 12.2. The van der Waals surface area contributed by atoms with E-state index in [4.69, 9.17) is 21.3 Å². The van der Waals surface area contributed by atoms with Crippen molar-refractivity contribution in [2.24, 2.45) is 0 Å². The number of hydrogen-bond donors (Lipinski definition) is 1. The summed E-state index contributed by atoms with van der Waals surface area (Å²) in [7, 11) is 0.